The number of fused-ring (bicyclic) bond motifs is 1. The molecule has 2 aliphatic heterocycles. The molecule has 70 valence electrons. The molecular weight excluding hydrogens is 168 g/mol. The highest BCUT2D eigenvalue weighted by atomic mass is 16.2. The minimum atomic E-state index is -0.288. The molecule has 0 aromatic heterocycles. The topological polar surface area (TPSA) is 70.4 Å². The van der Waals surface area contributed by atoms with Crippen LogP contribution in [0, 0.1) is 0 Å². The molecule has 2 heterocycles. The van der Waals surface area contributed by atoms with Gasteiger partial charge in [0.25, 0.3) is 0 Å². The number of nitrogens with two attached hydrogens (primary N) is 1. The lowest BCUT2D eigenvalue weighted by Crippen LogP contribution is -2.53. The number of urea groups is 1. The molecular formula is C8H12N4O. The minimum Gasteiger partial charge on any atom is -0.365 e. The molecule has 4 N–H and O–H groups in total. The molecule has 0 spiro atoms. The number of hydrogen-bond donors (Lipinski definition) is 3. The number of allylic oxidation sites excluding steroid dienone is 1. The summed E-state index contributed by atoms with van der Waals surface area (Å²) in [5.41, 5.74) is 3.24. The Morgan fingerprint density at radius 3 is 2.85 bits per heavy atom. The third kappa shape index (κ3) is 1.08. The normalized spacial score (nSPS) is 26.7. The van der Waals surface area contributed by atoms with Crippen LogP contribution in [0.1, 0.15) is 13.8 Å². The van der Waals surface area contributed by atoms with Crippen molar-refractivity contribution in [1.29, 1.82) is 0 Å². The zero-order chi connectivity index (χ0) is 9.59. The smallest absolute Gasteiger partial charge is 0.337 e. The largest absolute Gasteiger partial charge is 0.365 e. The van der Waals surface area contributed by atoms with E-state index < -0.39 is 0 Å². The van der Waals surface area contributed by atoms with Gasteiger partial charge in [0.2, 0.25) is 0 Å². The third-order valence-electron chi connectivity index (χ3n) is 2.45. The van der Waals surface area contributed by atoms with E-state index in [1.54, 1.807) is 6.20 Å². The van der Waals surface area contributed by atoms with E-state index in [-0.39, 0.29) is 12.2 Å². The van der Waals surface area contributed by atoms with Gasteiger partial charge in [-0.1, -0.05) is 0 Å². The second kappa shape index (κ2) is 2.50. The number of carbonyl (C=O) groups is 1. The first-order chi connectivity index (χ1) is 6.09. The molecule has 0 aromatic carbocycles. The molecule has 5 heteroatoms. The van der Waals surface area contributed by atoms with E-state index in [1.807, 2.05) is 13.8 Å². The highest BCUT2D eigenvalue weighted by Crippen LogP contribution is 2.25. The van der Waals surface area contributed by atoms with Crippen LogP contribution < -0.4 is 16.5 Å². The first-order valence-corrected chi connectivity index (χ1v) is 4.10. The first kappa shape index (κ1) is 8.12. The molecule has 2 aliphatic rings. The summed E-state index contributed by atoms with van der Waals surface area (Å²) < 4.78 is 0. The van der Waals surface area contributed by atoms with Crippen molar-refractivity contribution in [2.24, 2.45) is 5.84 Å². The van der Waals surface area contributed by atoms with E-state index in [1.165, 1.54) is 0 Å². The Labute approximate surface area is 76.2 Å². The zero-order valence-electron chi connectivity index (χ0n) is 7.59. The van der Waals surface area contributed by atoms with Gasteiger partial charge < -0.3 is 10.6 Å². The van der Waals surface area contributed by atoms with E-state index in [4.69, 9.17) is 5.84 Å². The van der Waals surface area contributed by atoms with Gasteiger partial charge in [0.15, 0.2) is 0 Å². The molecule has 0 bridgehead atoms. The lowest BCUT2D eigenvalue weighted by Gasteiger charge is -2.26. The van der Waals surface area contributed by atoms with Crippen LogP contribution in [0.3, 0.4) is 0 Å². The number of amides is 2. The highest BCUT2D eigenvalue weighted by molar-refractivity contribution is 5.78. The zero-order valence-corrected chi connectivity index (χ0v) is 7.59. The van der Waals surface area contributed by atoms with Gasteiger partial charge in [0.1, 0.15) is 6.17 Å². The fraction of sp³-hybridized carbons (Fsp3) is 0.375. The molecule has 0 radical (unpaired) electrons. The van der Waals surface area contributed by atoms with Crippen LogP contribution in [0.4, 0.5) is 4.79 Å². The molecule has 0 saturated carbocycles. The maximum absolute atomic E-state index is 11.1. The molecule has 13 heavy (non-hydrogen) atoms. The van der Waals surface area contributed by atoms with E-state index in [0.717, 1.165) is 21.9 Å². The molecule has 5 nitrogen and oxygen atoms in total. The molecule has 0 aliphatic carbocycles. The van der Waals surface area contributed by atoms with Crippen LogP contribution in [0.15, 0.2) is 23.0 Å². The van der Waals surface area contributed by atoms with Crippen molar-refractivity contribution in [3.63, 3.8) is 0 Å². The van der Waals surface area contributed by atoms with Crippen molar-refractivity contribution in [2.75, 3.05) is 0 Å². The van der Waals surface area contributed by atoms with Crippen molar-refractivity contribution in [2.45, 2.75) is 20.0 Å². The quantitative estimate of drug-likeness (QED) is 0.363. The average Bonchev–Trinajstić information content (AvgIpc) is 2.32. The summed E-state index contributed by atoms with van der Waals surface area (Å²) in [6, 6.07) is -0.288. The van der Waals surface area contributed by atoms with Crippen LogP contribution in [0.25, 0.3) is 0 Å². The Balaban J connectivity index is 2.37. The van der Waals surface area contributed by atoms with Gasteiger partial charge in [0, 0.05) is 17.5 Å². The molecule has 2 rings (SSSR count). The Kier molecular flexibility index (Phi) is 1.56. The maximum atomic E-state index is 11.1. The predicted octanol–water partition coefficient (Wildman–Crippen LogP) is -0.00760. The second-order valence-corrected chi connectivity index (χ2v) is 3.27. The molecule has 0 aromatic rings. The first-order valence-electron chi connectivity index (χ1n) is 4.10. The van der Waals surface area contributed by atoms with Crippen LogP contribution in [-0.2, 0) is 0 Å². The van der Waals surface area contributed by atoms with Crippen molar-refractivity contribution in [3.8, 4) is 0 Å². The van der Waals surface area contributed by atoms with Gasteiger partial charge in [-0.3, -0.25) is 0 Å². The Bertz CT molecular complexity index is 331. The molecule has 1 atom stereocenters. The highest BCUT2D eigenvalue weighted by Gasteiger charge is 2.30. The Morgan fingerprint density at radius 1 is 1.46 bits per heavy atom. The van der Waals surface area contributed by atoms with Crippen molar-refractivity contribution in [3.05, 3.63) is 23.0 Å². The SMILES string of the molecule is CC1=C(C)C2=CN(N)C(=O)NC2N1. The number of nitrogens with zero attached hydrogens (tertiary/aromatic N) is 1. The standard InChI is InChI=1S/C8H12N4O/c1-4-5(2)10-7-6(4)3-12(9)8(13)11-7/h3,7,10H,9H2,1-2H3,(H,11,13). The summed E-state index contributed by atoms with van der Waals surface area (Å²) in [7, 11) is 0. The summed E-state index contributed by atoms with van der Waals surface area (Å²) in [5, 5.41) is 6.95. The number of hydrogen-bond acceptors (Lipinski definition) is 3. The monoisotopic (exact) mass is 180 g/mol. The number of nitrogens with one attached hydrogen (secondary N) is 2. The van der Waals surface area contributed by atoms with Crippen LogP contribution in [0.5, 0.6) is 0 Å². The molecule has 0 saturated heterocycles. The van der Waals surface area contributed by atoms with Gasteiger partial charge in [-0.25, -0.2) is 15.6 Å². The summed E-state index contributed by atoms with van der Waals surface area (Å²) in [6.07, 6.45) is 1.55. The van der Waals surface area contributed by atoms with E-state index >= 15 is 0 Å². The van der Waals surface area contributed by atoms with E-state index in [9.17, 15) is 4.79 Å². The number of carbonyl (C=O) groups excluding carboxylic acids is 1. The van der Waals surface area contributed by atoms with Crippen LogP contribution >= 0.6 is 0 Å². The van der Waals surface area contributed by atoms with Gasteiger partial charge in [-0.15, -0.1) is 0 Å². The lowest BCUT2D eigenvalue weighted by molar-refractivity contribution is 0.208. The van der Waals surface area contributed by atoms with E-state index in [2.05, 4.69) is 10.6 Å². The second-order valence-electron chi connectivity index (χ2n) is 3.27. The summed E-state index contributed by atoms with van der Waals surface area (Å²) in [6.45, 7) is 3.97. The van der Waals surface area contributed by atoms with Crippen molar-refractivity contribution < 1.29 is 4.79 Å². The molecule has 0 fully saturated rings. The average molecular weight is 180 g/mol. The summed E-state index contributed by atoms with van der Waals surface area (Å²) >= 11 is 0. The lowest BCUT2D eigenvalue weighted by atomic mass is 10.1. The fourth-order valence-corrected chi connectivity index (χ4v) is 1.53. The summed E-state index contributed by atoms with van der Waals surface area (Å²) in [5.74, 6) is 5.44. The Hall–Kier alpha value is -1.49. The fourth-order valence-electron chi connectivity index (χ4n) is 1.53. The van der Waals surface area contributed by atoms with Crippen LogP contribution in [-0.4, -0.2) is 17.2 Å². The van der Waals surface area contributed by atoms with Crippen LogP contribution in [0.2, 0.25) is 0 Å². The van der Waals surface area contributed by atoms with Gasteiger partial charge in [0.05, 0.1) is 0 Å². The van der Waals surface area contributed by atoms with Crippen molar-refractivity contribution >= 4 is 6.03 Å². The number of hydrazine groups is 1. The summed E-state index contributed by atoms with van der Waals surface area (Å²) in [4.78, 5) is 11.1. The van der Waals surface area contributed by atoms with Gasteiger partial charge in [-0.05, 0) is 19.4 Å². The van der Waals surface area contributed by atoms with Crippen molar-refractivity contribution in [1.82, 2.24) is 15.6 Å². The third-order valence-corrected chi connectivity index (χ3v) is 2.45. The van der Waals surface area contributed by atoms with Gasteiger partial charge >= 0.3 is 6.03 Å². The maximum Gasteiger partial charge on any atom is 0.337 e. The molecule has 2 amide bonds. The predicted molar refractivity (Wildman–Crippen MR) is 47.9 cm³/mol. The molecule has 1 unspecified atom stereocenters. The number of rotatable bonds is 0. The van der Waals surface area contributed by atoms with E-state index in [0.29, 0.717) is 0 Å². The van der Waals surface area contributed by atoms with Gasteiger partial charge in [-0.2, -0.15) is 0 Å². The Morgan fingerprint density at radius 2 is 2.15 bits per heavy atom. The minimum absolute atomic E-state index is 0.104.